The molecule has 0 aromatic carbocycles. The second-order valence-electron chi connectivity index (χ2n) is 4.57. The van der Waals surface area contributed by atoms with Crippen molar-refractivity contribution in [1.29, 1.82) is 0 Å². The highest BCUT2D eigenvalue weighted by molar-refractivity contribution is 5.76. The monoisotopic (exact) mass is 213 g/mol. The van der Waals surface area contributed by atoms with E-state index in [0.717, 1.165) is 12.8 Å². The van der Waals surface area contributed by atoms with E-state index in [0.29, 0.717) is 0 Å². The largest absolute Gasteiger partial charge is 0.369 e. The average molecular weight is 213 g/mol. The number of rotatable bonds is 10. The van der Waals surface area contributed by atoms with Gasteiger partial charge in [-0.1, -0.05) is 65.2 Å². The van der Waals surface area contributed by atoms with E-state index in [9.17, 15) is 4.79 Å². The molecule has 1 atom stereocenters. The molecule has 0 aliphatic rings. The minimum Gasteiger partial charge on any atom is -0.369 e. The number of nitrogens with two attached hydrogens (primary N) is 1. The number of primary amides is 1. The van der Waals surface area contributed by atoms with Crippen LogP contribution in [-0.4, -0.2) is 5.91 Å². The maximum atomic E-state index is 10.8. The Morgan fingerprint density at radius 3 is 1.93 bits per heavy atom. The maximum absolute atomic E-state index is 10.8. The van der Waals surface area contributed by atoms with Crippen LogP contribution in [-0.2, 0) is 4.79 Å². The van der Waals surface area contributed by atoms with Gasteiger partial charge in [-0.2, -0.15) is 0 Å². The first-order chi connectivity index (χ1) is 7.18. The van der Waals surface area contributed by atoms with Gasteiger partial charge in [0.15, 0.2) is 0 Å². The fourth-order valence-corrected chi connectivity index (χ4v) is 1.73. The van der Waals surface area contributed by atoms with Crippen LogP contribution in [0.4, 0.5) is 0 Å². The predicted octanol–water partition coefficient (Wildman–Crippen LogP) is 3.64. The quantitative estimate of drug-likeness (QED) is 0.553. The van der Waals surface area contributed by atoms with Crippen molar-refractivity contribution in [1.82, 2.24) is 0 Å². The van der Waals surface area contributed by atoms with Gasteiger partial charge in [0.1, 0.15) is 0 Å². The first-order valence-electron chi connectivity index (χ1n) is 6.47. The summed E-state index contributed by atoms with van der Waals surface area (Å²) in [5, 5.41) is 0. The van der Waals surface area contributed by atoms with Crippen molar-refractivity contribution in [3.05, 3.63) is 0 Å². The van der Waals surface area contributed by atoms with Crippen molar-refractivity contribution < 1.29 is 4.79 Å². The summed E-state index contributed by atoms with van der Waals surface area (Å²) in [7, 11) is 0. The number of hydrogen-bond donors (Lipinski definition) is 1. The molecule has 0 aliphatic carbocycles. The van der Waals surface area contributed by atoms with Gasteiger partial charge in [-0.05, 0) is 6.42 Å². The highest BCUT2D eigenvalue weighted by atomic mass is 16.1. The SMILES string of the molecule is CCCCCCCCCC[C@H](C)C(N)=O. The number of unbranched alkanes of at least 4 members (excludes halogenated alkanes) is 7. The highest BCUT2D eigenvalue weighted by Crippen LogP contribution is 2.12. The molecule has 2 heteroatoms. The predicted molar refractivity (Wildman–Crippen MR) is 65.6 cm³/mol. The third-order valence-electron chi connectivity index (χ3n) is 2.98. The van der Waals surface area contributed by atoms with Crippen LogP contribution < -0.4 is 5.73 Å². The molecule has 0 aromatic heterocycles. The molecule has 90 valence electrons. The van der Waals surface area contributed by atoms with Crippen LogP contribution >= 0.6 is 0 Å². The summed E-state index contributed by atoms with van der Waals surface area (Å²) < 4.78 is 0. The van der Waals surface area contributed by atoms with Gasteiger partial charge in [-0.25, -0.2) is 0 Å². The van der Waals surface area contributed by atoms with Crippen molar-refractivity contribution in [2.45, 2.75) is 71.6 Å². The van der Waals surface area contributed by atoms with Crippen LogP contribution in [0.1, 0.15) is 71.6 Å². The normalized spacial score (nSPS) is 12.7. The second kappa shape index (κ2) is 10.0. The molecule has 0 spiro atoms. The van der Waals surface area contributed by atoms with Crippen molar-refractivity contribution >= 4 is 5.91 Å². The minimum atomic E-state index is -0.155. The molecule has 0 radical (unpaired) electrons. The zero-order chi connectivity index (χ0) is 11.5. The number of carbonyl (C=O) groups is 1. The lowest BCUT2D eigenvalue weighted by Crippen LogP contribution is -2.20. The van der Waals surface area contributed by atoms with Gasteiger partial charge in [0.25, 0.3) is 0 Å². The van der Waals surface area contributed by atoms with Gasteiger partial charge >= 0.3 is 0 Å². The third kappa shape index (κ3) is 9.77. The summed E-state index contributed by atoms with van der Waals surface area (Å²) in [5.41, 5.74) is 5.19. The van der Waals surface area contributed by atoms with E-state index < -0.39 is 0 Å². The molecular formula is C13H27NO. The molecule has 2 N–H and O–H groups in total. The third-order valence-corrected chi connectivity index (χ3v) is 2.98. The van der Waals surface area contributed by atoms with Crippen LogP contribution in [0.3, 0.4) is 0 Å². The van der Waals surface area contributed by atoms with E-state index in [-0.39, 0.29) is 11.8 Å². The van der Waals surface area contributed by atoms with Crippen LogP contribution in [0, 0.1) is 5.92 Å². The van der Waals surface area contributed by atoms with Crippen LogP contribution in [0.2, 0.25) is 0 Å². The molecule has 0 unspecified atom stereocenters. The Labute approximate surface area is 94.6 Å². The Balaban J connectivity index is 3.08. The standard InChI is InChI=1S/C13H27NO/c1-3-4-5-6-7-8-9-10-11-12(2)13(14)15/h12H,3-11H2,1-2H3,(H2,14,15)/t12-/m0/s1. The first-order valence-corrected chi connectivity index (χ1v) is 6.47. The molecule has 2 nitrogen and oxygen atoms in total. The Kier molecular flexibility index (Phi) is 9.65. The highest BCUT2D eigenvalue weighted by Gasteiger charge is 2.06. The molecule has 15 heavy (non-hydrogen) atoms. The maximum Gasteiger partial charge on any atom is 0.220 e. The van der Waals surface area contributed by atoms with E-state index in [1.165, 1.54) is 44.9 Å². The fraction of sp³-hybridized carbons (Fsp3) is 0.923. The summed E-state index contributed by atoms with van der Waals surface area (Å²) >= 11 is 0. The molecule has 0 bridgehead atoms. The Bertz CT molecular complexity index is 157. The number of amides is 1. The summed E-state index contributed by atoms with van der Waals surface area (Å²) in [6.45, 7) is 4.16. The van der Waals surface area contributed by atoms with Crippen molar-refractivity contribution in [2.24, 2.45) is 11.7 Å². The summed E-state index contributed by atoms with van der Waals surface area (Å²) in [6, 6.07) is 0. The lowest BCUT2D eigenvalue weighted by molar-refractivity contribution is -0.121. The smallest absolute Gasteiger partial charge is 0.220 e. The topological polar surface area (TPSA) is 43.1 Å². The van der Waals surface area contributed by atoms with Crippen molar-refractivity contribution in [3.8, 4) is 0 Å². The Morgan fingerprint density at radius 1 is 1.00 bits per heavy atom. The zero-order valence-corrected chi connectivity index (χ0v) is 10.4. The molecule has 0 heterocycles. The summed E-state index contributed by atoms with van der Waals surface area (Å²) in [4.78, 5) is 10.8. The van der Waals surface area contributed by atoms with E-state index >= 15 is 0 Å². The zero-order valence-electron chi connectivity index (χ0n) is 10.4. The minimum absolute atomic E-state index is 0.0603. The first kappa shape index (κ1) is 14.5. The van der Waals surface area contributed by atoms with Crippen molar-refractivity contribution in [3.63, 3.8) is 0 Å². The molecule has 0 aromatic rings. The van der Waals surface area contributed by atoms with Crippen LogP contribution in [0.25, 0.3) is 0 Å². The van der Waals surface area contributed by atoms with E-state index in [2.05, 4.69) is 6.92 Å². The molecule has 0 saturated heterocycles. The van der Waals surface area contributed by atoms with Gasteiger partial charge < -0.3 is 5.73 Å². The lowest BCUT2D eigenvalue weighted by atomic mass is 10.0. The number of carbonyl (C=O) groups excluding carboxylic acids is 1. The second-order valence-corrected chi connectivity index (χ2v) is 4.57. The summed E-state index contributed by atoms with van der Waals surface area (Å²) in [6.07, 6.45) is 11.5. The molecule has 1 amide bonds. The van der Waals surface area contributed by atoms with Crippen LogP contribution in [0.15, 0.2) is 0 Å². The van der Waals surface area contributed by atoms with Gasteiger partial charge in [0.05, 0.1) is 0 Å². The van der Waals surface area contributed by atoms with Gasteiger partial charge in [0, 0.05) is 5.92 Å². The average Bonchev–Trinajstić information content (AvgIpc) is 2.21. The van der Waals surface area contributed by atoms with Gasteiger partial charge in [-0.3, -0.25) is 4.79 Å². The van der Waals surface area contributed by atoms with Gasteiger partial charge in [-0.15, -0.1) is 0 Å². The molecular weight excluding hydrogens is 186 g/mol. The number of hydrogen-bond acceptors (Lipinski definition) is 1. The Hall–Kier alpha value is -0.530. The lowest BCUT2D eigenvalue weighted by Gasteiger charge is -2.06. The van der Waals surface area contributed by atoms with E-state index in [1.54, 1.807) is 0 Å². The van der Waals surface area contributed by atoms with E-state index in [4.69, 9.17) is 5.73 Å². The molecule has 0 aliphatic heterocycles. The fourth-order valence-electron chi connectivity index (χ4n) is 1.73. The summed E-state index contributed by atoms with van der Waals surface area (Å²) in [5.74, 6) is -0.0944. The van der Waals surface area contributed by atoms with Gasteiger partial charge in [0.2, 0.25) is 5.91 Å². The molecule has 0 saturated carbocycles. The van der Waals surface area contributed by atoms with E-state index in [1.807, 2.05) is 6.92 Å². The van der Waals surface area contributed by atoms with Crippen molar-refractivity contribution in [2.75, 3.05) is 0 Å². The Morgan fingerprint density at radius 2 is 1.47 bits per heavy atom. The van der Waals surface area contributed by atoms with Crippen LogP contribution in [0.5, 0.6) is 0 Å². The molecule has 0 rings (SSSR count). The molecule has 0 fully saturated rings.